The van der Waals surface area contributed by atoms with Crippen LogP contribution >= 0.6 is 11.8 Å². The summed E-state index contributed by atoms with van der Waals surface area (Å²) in [6, 6.07) is 9.68. The molecule has 0 N–H and O–H groups in total. The van der Waals surface area contributed by atoms with Gasteiger partial charge in [0.2, 0.25) is 0 Å². The Bertz CT molecular complexity index is 735. The highest BCUT2D eigenvalue weighted by Gasteiger charge is 2.51. The van der Waals surface area contributed by atoms with Crippen LogP contribution in [0, 0.1) is 5.41 Å². The number of carbonyl (C=O) groups is 1. The highest BCUT2D eigenvalue weighted by molar-refractivity contribution is 8.00. The summed E-state index contributed by atoms with van der Waals surface area (Å²) < 4.78 is 24.4. The van der Waals surface area contributed by atoms with E-state index < -0.39 is 29.3 Å². The molecule has 8 heteroatoms. The molecule has 2 aliphatic rings. The second-order valence-corrected chi connectivity index (χ2v) is 9.49. The quantitative estimate of drug-likeness (QED) is 0.493. The predicted molar refractivity (Wildman–Crippen MR) is 115 cm³/mol. The third-order valence-corrected chi connectivity index (χ3v) is 5.71. The molecule has 2 heterocycles. The van der Waals surface area contributed by atoms with E-state index >= 15 is 0 Å². The van der Waals surface area contributed by atoms with Gasteiger partial charge in [0.1, 0.15) is 30.0 Å². The topological polar surface area (TPSA) is 75.6 Å². The van der Waals surface area contributed by atoms with Crippen LogP contribution in [0.2, 0.25) is 0 Å². The van der Waals surface area contributed by atoms with E-state index in [0.717, 1.165) is 11.3 Å². The van der Waals surface area contributed by atoms with Gasteiger partial charge in [-0.3, -0.25) is 4.79 Å². The van der Waals surface area contributed by atoms with Crippen molar-refractivity contribution in [2.45, 2.75) is 64.7 Å². The second-order valence-electron chi connectivity index (χ2n) is 8.15. The largest absolute Gasteiger partial charge is 0.453 e. The molecule has 1 unspecified atom stereocenters. The van der Waals surface area contributed by atoms with E-state index in [0.29, 0.717) is 18.9 Å². The van der Waals surface area contributed by atoms with Crippen LogP contribution in [0.25, 0.3) is 0 Å². The minimum Gasteiger partial charge on any atom is -0.453 e. The van der Waals surface area contributed by atoms with Gasteiger partial charge in [-0.1, -0.05) is 42.4 Å². The first-order valence-corrected chi connectivity index (χ1v) is 11.4. The standard InChI is InChI=1S/C22H31NO6S/c1-6-26-23-16-18(29-21(24)22(3,4)5)17-15(27-20(16)30-7-2)13-25-19(28-17)14-11-9-8-10-12-14/h8-12,15,17-20H,6-7,13H2,1-5H3/b23-16-/t15-,17-,18-,19?,20-/m1/s1. The zero-order chi connectivity index (χ0) is 21.7. The maximum atomic E-state index is 12.8. The highest BCUT2D eigenvalue weighted by atomic mass is 32.2. The monoisotopic (exact) mass is 437 g/mol. The first kappa shape index (κ1) is 23.1. The number of nitrogens with zero attached hydrogens (tertiary/aromatic N) is 1. The van der Waals surface area contributed by atoms with Gasteiger partial charge in [0, 0.05) is 5.56 Å². The predicted octanol–water partition coefficient (Wildman–Crippen LogP) is 3.93. The summed E-state index contributed by atoms with van der Waals surface area (Å²) in [4.78, 5) is 18.1. The van der Waals surface area contributed by atoms with Crippen molar-refractivity contribution in [2.75, 3.05) is 19.0 Å². The van der Waals surface area contributed by atoms with Crippen LogP contribution in [-0.4, -0.2) is 54.4 Å². The molecule has 30 heavy (non-hydrogen) atoms. The number of benzene rings is 1. The summed E-state index contributed by atoms with van der Waals surface area (Å²) in [6.45, 7) is 10.1. The lowest BCUT2D eigenvalue weighted by atomic mass is 9.95. The van der Waals surface area contributed by atoms with Gasteiger partial charge in [0.25, 0.3) is 0 Å². The summed E-state index contributed by atoms with van der Waals surface area (Å²) in [7, 11) is 0. The number of esters is 1. The maximum Gasteiger partial charge on any atom is 0.311 e. The lowest BCUT2D eigenvalue weighted by molar-refractivity contribution is -0.286. The van der Waals surface area contributed by atoms with E-state index in [2.05, 4.69) is 5.16 Å². The minimum absolute atomic E-state index is 0.330. The fraction of sp³-hybridized carbons (Fsp3) is 0.636. The van der Waals surface area contributed by atoms with Gasteiger partial charge in [-0.2, -0.15) is 0 Å². The van der Waals surface area contributed by atoms with Gasteiger partial charge < -0.3 is 23.8 Å². The Morgan fingerprint density at radius 3 is 2.57 bits per heavy atom. The van der Waals surface area contributed by atoms with Crippen LogP contribution in [0.15, 0.2) is 35.5 Å². The Balaban J connectivity index is 1.92. The molecule has 0 amide bonds. The molecule has 0 aliphatic carbocycles. The van der Waals surface area contributed by atoms with Gasteiger partial charge in [0.05, 0.1) is 12.0 Å². The molecule has 3 rings (SSSR count). The zero-order valence-corrected chi connectivity index (χ0v) is 19.0. The van der Waals surface area contributed by atoms with Crippen LogP contribution in [0.5, 0.6) is 0 Å². The van der Waals surface area contributed by atoms with Crippen molar-refractivity contribution in [3.63, 3.8) is 0 Å². The van der Waals surface area contributed by atoms with Crippen LogP contribution in [0.3, 0.4) is 0 Å². The molecular formula is C22H31NO6S. The number of carbonyl (C=O) groups excluding carboxylic acids is 1. The number of hydrogen-bond donors (Lipinski definition) is 0. The summed E-state index contributed by atoms with van der Waals surface area (Å²) in [5.41, 5.74) is 0.351. The number of hydrogen-bond acceptors (Lipinski definition) is 8. The molecule has 1 aromatic rings. The average Bonchev–Trinajstić information content (AvgIpc) is 2.73. The Labute approximate surface area is 182 Å². The molecule has 0 radical (unpaired) electrons. The van der Waals surface area contributed by atoms with Crippen molar-refractivity contribution >= 4 is 23.4 Å². The van der Waals surface area contributed by atoms with Crippen molar-refractivity contribution < 1.29 is 28.6 Å². The van der Waals surface area contributed by atoms with E-state index in [-0.39, 0.29) is 12.1 Å². The molecule has 0 saturated carbocycles. The molecule has 0 spiro atoms. The summed E-state index contributed by atoms with van der Waals surface area (Å²) in [5, 5.41) is 4.28. The van der Waals surface area contributed by atoms with E-state index in [1.807, 2.05) is 65.0 Å². The summed E-state index contributed by atoms with van der Waals surface area (Å²) in [5.74, 6) is 0.477. The smallest absolute Gasteiger partial charge is 0.311 e. The molecule has 2 fully saturated rings. The molecule has 166 valence electrons. The number of thioether (sulfide) groups is 1. The van der Waals surface area contributed by atoms with Crippen molar-refractivity contribution in [3.8, 4) is 0 Å². The Hall–Kier alpha value is -1.61. The third kappa shape index (κ3) is 5.35. The molecule has 2 saturated heterocycles. The fourth-order valence-corrected chi connectivity index (χ4v) is 4.05. The average molecular weight is 438 g/mol. The minimum atomic E-state index is -0.721. The SMILES string of the molecule is CCO/N=C1\[C@@H](SCC)O[C@@H]2COC(c3ccccc3)O[C@H]2[C@@H]1OC(=O)C(C)(C)C. The van der Waals surface area contributed by atoms with Gasteiger partial charge in [0.15, 0.2) is 12.4 Å². The number of oxime groups is 1. The van der Waals surface area contributed by atoms with Gasteiger partial charge in [-0.05, 0) is 33.4 Å². The number of ether oxygens (including phenoxy) is 4. The highest BCUT2D eigenvalue weighted by Crippen LogP contribution is 2.37. The lowest BCUT2D eigenvalue weighted by Crippen LogP contribution is -2.61. The summed E-state index contributed by atoms with van der Waals surface area (Å²) in [6.07, 6.45) is -2.23. The van der Waals surface area contributed by atoms with E-state index in [1.54, 1.807) is 11.8 Å². The Kier molecular flexibility index (Phi) is 7.79. The second kappa shape index (κ2) is 10.1. The first-order chi connectivity index (χ1) is 14.3. The fourth-order valence-electron chi connectivity index (χ4n) is 3.18. The lowest BCUT2D eigenvalue weighted by Gasteiger charge is -2.45. The maximum absolute atomic E-state index is 12.8. The Morgan fingerprint density at radius 1 is 1.20 bits per heavy atom. The summed E-state index contributed by atoms with van der Waals surface area (Å²) >= 11 is 1.57. The molecular weight excluding hydrogens is 406 g/mol. The van der Waals surface area contributed by atoms with Crippen molar-refractivity contribution in [1.29, 1.82) is 0 Å². The normalized spacial score (nSPS) is 30.6. The Morgan fingerprint density at radius 2 is 1.93 bits per heavy atom. The van der Waals surface area contributed by atoms with Gasteiger partial charge in [-0.15, -0.1) is 11.8 Å². The molecule has 1 aromatic carbocycles. The number of fused-ring (bicyclic) bond motifs is 1. The number of rotatable bonds is 6. The molecule has 0 bridgehead atoms. The van der Waals surface area contributed by atoms with Crippen LogP contribution < -0.4 is 0 Å². The van der Waals surface area contributed by atoms with Crippen LogP contribution in [0.4, 0.5) is 0 Å². The molecule has 7 nitrogen and oxygen atoms in total. The molecule has 5 atom stereocenters. The van der Waals surface area contributed by atoms with E-state index in [4.69, 9.17) is 23.8 Å². The third-order valence-electron chi connectivity index (χ3n) is 4.72. The van der Waals surface area contributed by atoms with Crippen LogP contribution in [-0.2, 0) is 28.6 Å². The van der Waals surface area contributed by atoms with E-state index in [9.17, 15) is 4.79 Å². The van der Waals surface area contributed by atoms with Crippen molar-refractivity contribution in [3.05, 3.63) is 35.9 Å². The molecule has 0 aromatic heterocycles. The van der Waals surface area contributed by atoms with E-state index in [1.165, 1.54) is 0 Å². The molecule has 2 aliphatic heterocycles. The first-order valence-electron chi connectivity index (χ1n) is 10.3. The van der Waals surface area contributed by atoms with Gasteiger partial charge >= 0.3 is 5.97 Å². The van der Waals surface area contributed by atoms with Crippen LogP contribution in [0.1, 0.15) is 46.5 Å². The zero-order valence-electron chi connectivity index (χ0n) is 18.2. The van der Waals surface area contributed by atoms with Crippen molar-refractivity contribution in [1.82, 2.24) is 0 Å². The van der Waals surface area contributed by atoms with Crippen molar-refractivity contribution in [2.24, 2.45) is 10.6 Å². The van der Waals surface area contributed by atoms with Gasteiger partial charge in [-0.25, -0.2) is 0 Å².